The van der Waals surface area contributed by atoms with Crippen LogP contribution < -0.4 is 23.5 Å². The summed E-state index contributed by atoms with van der Waals surface area (Å²) in [5.74, 6) is 3.77. The lowest BCUT2D eigenvalue weighted by Gasteiger charge is -2.21. The molecule has 0 bridgehead atoms. The predicted molar refractivity (Wildman–Crippen MR) is 145 cm³/mol. The van der Waals surface area contributed by atoms with E-state index in [-0.39, 0.29) is 6.79 Å². The molecule has 5 heteroatoms. The molecule has 1 aromatic heterocycles. The molecule has 2 aliphatic heterocycles. The van der Waals surface area contributed by atoms with Crippen LogP contribution >= 0.6 is 0 Å². The van der Waals surface area contributed by atoms with Crippen molar-refractivity contribution in [2.75, 3.05) is 20.5 Å². The van der Waals surface area contributed by atoms with Crippen LogP contribution in [0.1, 0.15) is 55.4 Å². The zero-order valence-corrected chi connectivity index (χ0v) is 22.1. The highest BCUT2D eigenvalue weighted by molar-refractivity contribution is 5.95. The molecule has 0 aliphatic carbocycles. The highest BCUT2D eigenvalue weighted by Crippen LogP contribution is 2.44. The fourth-order valence-corrected chi connectivity index (χ4v) is 5.56. The minimum absolute atomic E-state index is 0.281. The van der Waals surface area contributed by atoms with E-state index in [1.807, 2.05) is 6.07 Å². The standard InChI is InChI=1S/C32H34NO4/c1-5-14-35-32-27-18-33-13-12-23-16-29-30(37-19-36-29)17-25(23)31(33)26(24(27)10-11-28(32)34-4)15-21-6-8-22(9-7-21)20(2)3/h6-11,16-18,20H,5,12-15,19H2,1-4H3/q+1. The smallest absolute Gasteiger partial charge is 0.231 e. The maximum absolute atomic E-state index is 6.28. The monoisotopic (exact) mass is 496 g/mol. The molecule has 2 aliphatic rings. The number of rotatable bonds is 7. The molecular formula is C32H34NO4+. The number of ether oxygens (including phenoxy) is 4. The zero-order chi connectivity index (χ0) is 25.5. The minimum Gasteiger partial charge on any atom is -0.493 e. The highest BCUT2D eigenvalue weighted by atomic mass is 16.7. The third kappa shape index (κ3) is 4.16. The molecule has 3 heterocycles. The third-order valence-corrected chi connectivity index (χ3v) is 7.52. The SMILES string of the molecule is CCCOc1c(OC)ccc2c(Cc3ccc(C(C)C)cc3)c3[n+](cc12)CCc1cc2c(cc1-3)OCO2. The molecule has 0 spiro atoms. The lowest BCUT2D eigenvalue weighted by Crippen LogP contribution is -2.41. The topological polar surface area (TPSA) is 40.8 Å². The van der Waals surface area contributed by atoms with Crippen molar-refractivity contribution >= 4 is 10.8 Å². The van der Waals surface area contributed by atoms with Crippen LogP contribution in [0.4, 0.5) is 0 Å². The number of hydrogen-bond donors (Lipinski definition) is 0. The fourth-order valence-electron chi connectivity index (χ4n) is 5.56. The Kier molecular flexibility index (Phi) is 6.15. The quantitative estimate of drug-likeness (QED) is 0.271. The number of pyridine rings is 1. The van der Waals surface area contributed by atoms with Crippen LogP contribution in [0.3, 0.4) is 0 Å². The van der Waals surface area contributed by atoms with Gasteiger partial charge in [0.1, 0.15) is 0 Å². The second kappa shape index (κ2) is 9.62. The van der Waals surface area contributed by atoms with Crippen molar-refractivity contribution in [2.45, 2.75) is 52.5 Å². The molecule has 0 radical (unpaired) electrons. The van der Waals surface area contributed by atoms with Crippen LogP contribution in [0, 0.1) is 0 Å². The van der Waals surface area contributed by atoms with Crippen molar-refractivity contribution < 1.29 is 23.5 Å². The molecule has 190 valence electrons. The van der Waals surface area contributed by atoms with Gasteiger partial charge in [-0.1, -0.05) is 45.0 Å². The van der Waals surface area contributed by atoms with Gasteiger partial charge in [0, 0.05) is 23.8 Å². The van der Waals surface area contributed by atoms with Crippen molar-refractivity contribution in [3.63, 3.8) is 0 Å². The Morgan fingerprint density at radius 1 is 0.973 bits per heavy atom. The molecule has 6 rings (SSSR count). The second-order valence-electron chi connectivity index (χ2n) is 10.2. The summed E-state index contributed by atoms with van der Waals surface area (Å²) < 4.78 is 25.9. The first-order valence-electron chi connectivity index (χ1n) is 13.3. The summed E-state index contributed by atoms with van der Waals surface area (Å²) in [7, 11) is 1.71. The van der Waals surface area contributed by atoms with E-state index in [0.29, 0.717) is 12.5 Å². The Morgan fingerprint density at radius 3 is 2.49 bits per heavy atom. The number of methoxy groups -OCH3 is 1. The summed E-state index contributed by atoms with van der Waals surface area (Å²) in [6.45, 7) is 8.42. The van der Waals surface area contributed by atoms with E-state index in [0.717, 1.165) is 54.2 Å². The van der Waals surface area contributed by atoms with E-state index in [2.05, 4.69) is 74.0 Å². The van der Waals surface area contributed by atoms with Crippen LogP contribution in [-0.2, 0) is 19.4 Å². The molecule has 37 heavy (non-hydrogen) atoms. The van der Waals surface area contributed by atoms with E-state index >= 15 is 0 Å². The molecule has 0 fully saturated rings. The van der Waals surface area contributed by atoms with Gasteiger partial charge in [0.2, 0.25) is 12.5 Å². The Morgan fingerprint density at radius 2 is 1.76 bits per heavy atom. The predicted octanol–water partition coefficient (Wildman–Crippen LogP) is 6.59. The lowest BCUT2D eigenvalue weighted by molar-refractivity contribution is -0.686. The van der Waals surface area contributed by atoms with Gasteiger partial charge in [-0.15, -0.1) is 0 Å². The van der Waals surface area contributed by atoms with Crippen LogP contribution in [0.25, 0.3) is 22.0 Å². The molecule has 0 saturated heterocycles. The first-order valence-corrected chi connectivity index (χ1v) is 13.3. The summed E-state index contributed by atoms with van der Waals surface area (Å²) in [5, 5.41) is 2.28. The lowest BCUT2D eigenvalue weighted by atomic mass is 9.88. The molecule has 0 N–H and O–H groups in total. The van der Waals surface area contributed by atoms with Gasteiger partial charge in [-0.3, -0.25) is 0 Å². The minimum atomic E-state index is 0.281. The highest BCUT2D eigenvalue weighted by Gasteiger charge is 2.32. The molecule has 0 atom stereocenters. The number of aromatic nitrogens is 1. The van der Waals surface area contributed by atoms with Gasteiger partial charge in [-0.25, -0.2) is 0 Å². The molecule has 0 amide bonds. The zero-order valence-electron chi connectivity index (χ0n) is 22.1. The number of hydrogen-bond acceptors (Lipinski definition) is 4. The Bertz CT molecular complexity index is 1470. The van der Waals surface area contributed by atoms with Crippen LogP contribution in [-0.4, -0.2) is 20.5 Å². The van der Waals surface area contributed by atoms with Crippen LogP contribution in [0.5, 0.6) is 23.0 Å². The van der Waals surface area contributed by atoms with Crippen LogP contribution in [0.15, 0.2) is 54.7 Å². The van der Waals surface area contributed by atoms with Crippen molar-refractivity contribution in [3.05, 3.63) is 77.0 Å². The fraction of sp³-hybridized carbons (Fsp3) is 0.344. The van der Waals surface area contributed by atoms with Gasteiger partial charge < -0.3 is 18.9 Å². The maximum Gasteiger partial charge on any atom is 0.231 e. The maximum atomic E-state index is 6.28. The van der Waals surface area contributed by atoms with E-state index in [9.17, 15) is 0 Å². The second-order valence-corrected chi connectivity index (χ2v) is 10.2. The summed E-state index contributed by atoms with van der Waals surface area (Å²) in [6.07, 6.45) is 4.94. The van der Waals surface area contributed by atoms with Gasteiger partial charge in [0.15, 0.2) is 35.7 Å². The summed E-state index contributed by atoms with van der Waals surface area (Å²) in [5.41, 5.74) is 7.70. The molecule has 0 unspecified atom stereocenters. The third-order valence-electron chi connectivity index (χ3n) is 7.52. The number of fused-ring (bicyclic) bond motifs is 5. The van der Waals surface area contributed by atoms with Crippen molar-refractivity contribution in [1.82, 2.24) is 0 Å². The first kappa shape index (κ1) is 23.7. The van der Waals surface area contributed by atoms with Crippen molar-refractivity contribution in [3.8, 4) is 34.3 Å². The Hall–Kier alpha value is -3.73. The van der Waals surface area contributed by atoms with E-state index in [1.54, 1.807) is 7.11 Å². The molecule has 4 aromatic rings. The summed E-state index contributed by atoms with van der Waals surface area (Å²) >= 11 is 0. The molecular weight excluding hydrogens is 462 g/mol. The van der Waals surface area contributed by atoms with Gasteiger partial charge in [0.05, 0.1) is 24.7 Å². The summed E-state index contributed by atoms with van der Waals surface area (Å²) in [4.78, 5) is 0. The van der Waals surface area contributed by atoms with Crippen molar-refractivity contribution in [1.29, 1.82) is 0 Å². The van der Waals surface area contributed by atoms with Gasteiger partial charge >= 0.3 is 0 Å². The molecule has 0 saturated carbocycles. The number of benzene rings is 3. The van der Waals surface area contributed by atoms with Crippen molar-refractivity contribution in [2.24, 2.45) is 0 Å². The Balaban J connectivity index is 1.59. The van der Waals surface area contributed by atoms with E-state index in [1.165, 1.54) is 38.9 Å². The van der Waals surface area contributed by atoms with Gasteiger partial charge in [-0.05, 0) is 53.3 Å². The molecule has 3 aromatic carbocycles. The van der Waals surface area contributed by atoms with Gasteiger partial charge in [-0.2, -0.15) is 4.57 Å². The Labute approximate surface area is 218 Å². The first-order chi connectivity index (χ1) is 18.1. The normalized spacial score (nSPS) is 13.5. The molecule has 5 nitrogen and oxygen atoms in total. The number of nitrogens with zero attached hydrogens (tertiary/aromatic N) is 1. The number of aryl methyl sites for hydroxylation is 2. The average molecular weight is 497 g/mol. The van der Waals surface area contributed by atoms with E-state index in [4.69, 9.17) is 18.9 Å². The van der Waals surface area contributed by atoms with Crippen LogP contribution in [0.2, 0.25) is 0 Å². The summed E-state index contributed by atoms with van der Waals surface area (Å²) in [6, 6.07) is 17.6. The average Bonchev–Trinajstić information content (AvgIpc) is 3.37. The van der Waals surface area contributed by atoms with E-state index < -0.39 is 0 Å². The largest absolute Gasteiger partial charge is 0.493 e. The van der Waals surface area contributed by atoms with Gasteiger partial charge in [0.25, 0.3) is 0 Å².